The van der Waals surface area contributed by atoms with Crippen molar-refractivity contribution < 1.29 is 48.3 Å². The molecular formula is C29H28F8N2O3S. The van der Waals surface area contributed by atoms with Crippen molar-refractivity contribution in [1.82, 2.24) is 10.2 Å². The van der Waals surface area contributed by atoms with Crippen LogP contribution in [0.25, 0.3) is 0 Å². The number of aryl methyl sites for hydroxylation is 1. The molecule has 2 bridgehead atoms. The summed E-state index contributed by atoms with van der Waals surface area (Å²) in [4.78, 5) is 15.1. The largest absolute Gasteiger partial charge is 0.435 e. The summed E-state index contributed by atoms with van der Waals surface area (Å²) in [5, 5.41) is 3.44. The second-order valence-corrected chi connectivity index (χ2v) is 14.2. The lowest BCUT2D eigenvalue weighted by Crippen LogP contribution is -2.54. The summed E-state index contributed by atoms with van der Waals surface area (Å²) in [6, 6.07) is 4.87. The van der Waals surface area contributed by atoms with Gasteiger partial charge in [-0.05, 0) is 80.3 Å². The van der Waals surface area contributed by atoms with Crippen LogP contribution in [0.4, 0.5) is 35.1 Å². The number of carbonyl (C=O) groups is 1. The van der Waals surface area contributed by atoms with E-state index in [4.69, 9.17) is 0 Å². The van der Waals surface area contributed by atoms with Gasteiger partial charge in [0.05, 0.1) is 10.9 Å². The Hall–Kier alpha value is -2.74. The Labute approximate surface area is 242 Å². The SMILES string of the molecule is O=C([C@H]1C[C@H]2CC[C@@H](C1)N2)N1CC[C@@]2(S(=O)(=O)c3ccc(F)cc3)c3ccc(C(F)(C(F)(F)F)C(F)(F)F)cc3CC[C@@H]12. The number of nitrogens with zero attached hydrogens (tertiary/aromatic N) is 1. The van der Waals surface area contributed by atoms with Crippen LogP contribution in [0.2, 0.25) is 0 Å². The van der Waals surface area contributed by atoms with E-state index >= 15 is 0 Å². The minimum atomic E-state index is -6.33. The van der Waals surface area contributed by atoms with Gasteiger partial charge in [-0.1, -0.05) is 18.2 Å². The van der Waals surface area contributed by atoms with Gasteiger partial charge in [-0.25, -0.2) is 17.2 Å². The van der Waals surface area contributed by atoms with Crippen LogP contribution in [-0.4, -0.2) is 56.2 Å². The molecule has 43 heavy (non-hydrogen) atoms. The molecule has 0 spiro atoms. The van der Waals surface area contributed by atoms with Crippen molar-refractivity contribution >= 4 is 15.7 Å². The monoisotopic (exact) mass is 636 g/mol. The number of carbonyl (C=O) groups excluding carboxylic acids is 1. The third kappa shape index (κ3) is 4.40. The summed E-state index contributed by atoms with van der Waals surface area (Å²) in [6.07, 6.45) is -10.1. The lowest BCUT2D eigenvalue weighted by molar-refractivity contribution is -0.348. The van der Waals surface area contributed by atoms with Crippen molar-refractivity contribution in [2.45, 2.75) is 90.7 Å². The quantitative estimate of drug-likeness (QED) is 0.338. The standard InChI is InChI=1S/C29H28F8N2O3S/c30-19-3-7-22(8-4-19)43(41,42)26-11-12-39(25(40)17-14-20-5-6-21(15-17)38-20)24(26)10-1-16-13-18(2-9-23(16)26)27(31,28(32,33)34)29(35,36)37/h2-4,7-9,13,17,20-21,24,38H,1,5-6,10-12,14-15H2/t17-,20+,21-,24-,26-/m1/s1. The summed E-state index contributed by atoms with van der Waals surface area (Å²) in [5.41, 5.74) is -7.63. The van der Waals surface area contributed by atoms with E-state index in [0.717, 1.165) is 43.2 Å². The van der Waals surface area contributed by atoms with E-state index in [2.05, 4.69) is 5.32 Å². The number of likely N-dealkylation sites (tertiary alicyclic amines) is 1. The Kier molecular flexibility index (Phi) is 6.96. The van der Waals surface area contributed by atoms with Crippen LogP contribution >= 0.6 is 0 Å². The molecule has 0 radical (unpaired) electrons. The van der Waals surface area contributed by atoms with Crippen LogP contribution in [0.5, 0.6) is 0 Å². The van der Waals surface area contributed by atoms with Crippen molar-refractivity contribution in [2.75, 3.05) is 6.54 Å². The van der Waals surface area contributed by atoms with Gasteiger partial charge in [0.1, 0.15) is 10.6 Å². The number of fused-ring (bicyclic) bond motifs is 5. The number of piperidine rings is 1. The van der Waals surface area contributed by atoms with Crippen LogP contribution in [0.1, 0.15) is 55.2 Å². The fourth-order valence-corrected chi connectivity index (χ4v) is 10.2. The minimum absolute atomic E-state index is 0.0114. The lowest BCUT2D eigenvalue weighted by atomic mass is 9.76. The van der Waals surface area contributed by atoms with Crippen LogP contribution in [0.15, 0.2) is 47.4 Å². The molecule has 5 nitrogen and oxygen atoms in total. The van der Waals surface area contributed by atoms with E-state index in [-0.39, 0.29) is 65.7 Å². The first-order valence-electron chi connectivity index (χ1n) is 14.0. The first-order valence-corrected chi connectivity index (χ1v) is 15.5. The third-order valence-corrected chi connectivity index (χ3v) is 12.3. The highest BCUT2D eigenvalue weighted by molar-refractivity contribution is 7.92. The molecule has 3 fully saturated rings. The first kappa shape index (κ1) is 30.3. The van der Waals surface area contributed by atoms with Gasteiger partial charge in [0.2, 0.25) is 5.91 Å². The predicted molar refractivity (Wildman–Crippen MR) is 138 cm³/mol. The fraction of sp³-hybridized carbons (Fsp3) is 0.552. The van der Waals surface area contributed by atoms with E-state index in [1.54, 1.807) is 0 Å². The maximum Gasteiger partial charge on any atom is 0.435 e. The fourth-order valence-electron chi connectivity index (χ4n) is 7.81. The normalized spacial score (nSPS) is 29.3. The van der Waals surface area contributed by atoms with Crippen molar-refractivity contribution in [1.29, 1.82) is 0 Å². The molecule has 3 aliphatic heterocycles. The number of hydrogen-bond donors (Lipinski definition) is 1. The van der Waals surface area contributed by atoms with E-state index in [0.29, 0.717) is 25.0 Å². The van der Waals surface area contributed by atoms with Crippen LogP contribution in [-0.2, 0) is 31.5 Å². The van der Waals surface area contributed by atoms with E-state index < -0.39 is 50.0 Å². The predicted octanol–water partition coefficient (Wildman–Crippen LogP) is 5.86. The number of alkyl halides is 7. The molecule has 0 aromatic heterocycles. The van der Waals surface area contributed by atoms with Crippen molar-refractivity contribution in [3.63, 3.8) is 0 Å². The van der Waals surface area contributed by atoms with Crippen molar-refractivity contribution in [3.8, 4) is 0 Å². The molecule has 234 valence electrons. The van der Waals surface area contributed by atoms with Gasteiger partial charge in [0, 0.05) is 30.1 Å². The van der Waals surface area contributed by atoms with Gasteiger partial charge >= 0.3 is 18.0 Å². The molecule has 2 aromatic rings. The number of rotatable bonds is 4. The van der Waals surface area contributed by atoms with Crippen molar-refractivity contribution in [3.05, 3.63) is 65.0 Å². The molecule has 3 saturated heterocycles. The molecule has 0 unspecified atom stereocenters. The Balaban J connectivity index is 1.48. The van der Waals surface area contributed by atoms with Crippen LogP contribution in [0.3, 0.4) is 0 Å². The van der Waals surface area contributed by atoms with Gasteiger partial charge in [-0.3, -0.25) is 4.79 Å². The van der Waals surface area contributed by atoms with Gasteiger partial charge in [0.15, 0.2) is 9.84 Å². The number of halogens is 8. The first-order chi connectivity index (χ1) is 20.0. The van der Waals surface area contributed by atoms with Gasteiger partial charge < -0.3 is 10.2 Å². The smallest absolute Gasteiger partial charge is 0.337 e. The number of benzene rings is 2. The Morgan fingerprint density at radius 3 is 2.07 bits per heavy atom. The summed E-state index contributed by atoms with van der Waals surface area (Å²) < 4.78 is 137. The van der Waals surface area contributed by atoms with E-state index in [1.165, 1.54) is 4.90 Å². The lowest BCUT2D eigenvalue weighted by Gasteiger charge is -2.44. The summed E-state index contributed by atoms with van der Waals surface area (Å²) in [5.74, 6) is -1.32. The Morgan fingerprint density at radius 2 is 1.49 bits per heavy atom. The highest BCUT2D eigenvalue weighted by Gasteiger charge is 2.74. The van der Waals surface area contributed by atoms with Crippen LogP contribution in [0, 0.1) is 11.7 Å². The Bertz CT molecular complexity index is 1520. The number of sulfone groups is 1. The van der Waals surface area contributed by atoms with E-state index in [9.17, 15) is 48.3 Å². The molecule has 1 amide bonds. The molecule has 0 saturated carbocycles. The molecule has 5 atom stereocenters. The zero-order valence-electron chi connectivity index (χ0n) is 22.6. The number of nitrogens with one attached hydrogen (secondary N) is 1. The highest BCUT2D eigenvalue weighted by atomic mass is 32.2. The second-order valence-electron chi connectivity index (χ2n) is 12.0. The average Bonchev–Trinajstić information content (AvgIpc) is 3.51. The zero-order valence-corrected chi connectivity index (χ0v) is 23.4. The van der Waals surface area contributed by atoms with Crippen molar-refractivity contribution in [2.24, 2.45) is 5.92 Å². The second kappa shape index (κ2) is 9.88. The minimum Gasteiger partial charge on any atom is -0.337 e. The molecule has 1 aliphatic carbocycles. The van der Waals surface area contributed by atoms with E-state index in [1.807, 2.05) is 0 Å². The topological polar surface area (TPSA) is 66.5 Å². The molecule has 3 heterocycles. The Morgan fingerprint density at radius 1 is 0.884 bits per heavy atom. The molecular weight excluding hydrogens is 608 g/mol. The number of hydrogen-bond acceptors (Lipinski definition) is 4. The average molecular weight is 637 g/mol. The summed E-state index contributed by atoms with van der Waals surface area (Å²) >= 11 is 0. The molecule has 1 N–H and O–H groups in total. The summed E-state index contributed by atoms with van der Waals surface area (Å²) in [6.45, 7) is -0.0114. The van der Waals surface area contributed by atoms with Crippen LogP contribution < -0.4 is 5.32 Å². The third-order valence-electron chi connectivity index (χ3n) is 9.77. The van der Waals surface area contributed by atoms with Gasteiger partial charge in [0.25, 0.3) is 0 Å². The molecule has 4 aliphatic rings. The molecule has 2 aromatic carbocycles. The maximum absolute atomic E-state index is 15.0. The van der Waals surface area contributed by atoms with Gasteiger partial charge in [-0.2, -0.15) is 26.3 Å². The summed E-state index contributed by atoms with van der Waals surface area (Å²) in [7, 11) is -4.51. The highest BCUT2D eigenvalue weighted by Crippen LogP contribution is 2.57. The number of amides is 1. The maximum atomic E-state index is 15.0. The van der Waals surface area contributed by atoms with Gasteiger partial charge in [-0.15, -0.1) is 0 Å². The molecule has 14 heteroatoms. The molecule has 6 rings (SSSR count). The zero-order chi connectivity index (χ0) is 31.2.